The van der Waals surface area contributed by atoms with Crippen molar-refractivity contribution in [1.29, 1.82) is 0 Å². The summed E-state index contributed by atoms with van der Waals surface area (Å²) >= 11 is 7.70. The van der Waals surface area contributed by atoms with Gasteiger partial charge in [-0.2, -0.15) is 0 Å². The fourth-order valence-electron chi connectivity index (χ4n) is 2.42. The number of ether oxygens (including phenoxy) is 1. The molecular weight excluding hydrogens is 370 g/mol. The third-order valence-electron chi connectivity index (χ3n) is 3.83. The van der Waals surface area contributed by atoms with E-state index in [0.717, 1.165) is 16.8 Å². The lowest BCUT2D eigenvalue weighted by molar-refractivity contribution is -0.856. The number of rotatable bonds is 7. The predicted molar refractivity (Wildman–Crippen MR) is 107 cm³/mol. The summed E-state index contributed by atoms with van der Waals surface area (Å²) in [5.41, 5.74) is 0.730. The lowest BCUT2D eigenvalue weighted by Gasteiger charge is -2.20. The third kappa shape index (κ3) is 4.52. The van der Waals surface area contributed by atoms with Gasteiger partial charge in [0.15, 0.2) is 11.7 Å². The van der Waals surface area contributed by atoms with Crippen molar-refractivity contribution in [3.8, 4) is 5.75 Å². The van der Waals surface area contributed by atoms with Gasteiger partial charge in [-0.15, -0.1) is 0 Å². The Morgan fingerprint density at radius 2 is 1.96 bits per heavy atom. The number of amides is 1. The fraction of sp³-hybridized carbons (Fsp3) is 0.263. The van der Waals surface area contributed by atoms with Crippen LogP contribution in [0.5, 0.6) is 5.75 Å². The normalized spacial score (nSPS) is 11.1. The van der Waals surface area contributed by atoms with Gasteiger partial charge in [-0.25, -0.2) is 4.98 Å². The predicted octanol–water partition coefficient (Wildman–Crippen LogP) is 2.51. The van der Waals surface area contributed by atoms with Crippen LogP contribution in [0.15, 0.2) is 48.5 Å². The number of quaternary nitrogens is 1. The first-order chi connectivity index (χ1) is 12.5. The number of thiazole rings is 1. The minimum absolute atomic E-state index is 0.0313. The minimum Gasteiger partial charge on any atom is -0.484 e. The average Bonchev–Trinajstić information content (AvgIpc) is 3.06. The van der Waals surface area contributed by atoms with Crippen molar-refractivity contribution in [2.75, 3.05) is 38.7 Å². The van der Waals surface area contributed by atoms with Crippen LogP contribution in [0.4, 0.5) is 5.13 Å². The van der Waals surface area contributed by atoms with Gasteiger partial charge in [-0.05, 0) is 24.3 Å². The number of carbonyl (C=O) groups excluding carboxylic acids is 1. The van der Waals surface area contributed by atoms with Gasteiger partial charge in [0, 0.05) is 0 Å². The van der Waals surface area contributed by atoms with Crippen molar-refractivity contribution in [3.63, 3.8) is 0 Å². The summed E-state index contributed by atoms with van der Waals surface area (Å²) in [6.07, 6.45) is 0. The second-order valence-corrected chi connectivity index (χ2v) is 7.60. The molecular formula is C19H21ClN3O2S+. The van der Waals surface area contributed by atoms with Gasteiger partial charge >= 0.3 is 0 Å². The highest BCUT2D eigenvalue weighted by Gasteiger charge is 2.21. The third-order valence-corrected chi connectivity index (χ3v) is 5.18. The quantitative estimate of drug-likeness (QED) is 0.674. The number of fused-ring (bicyclic) bond motifs is 1. The van der Waals surface area contributed by atoms with Crippen LogP contribution in [0.1, 0.15) is 0 Å². The molecule has 136 valence electrons. The molecule has 0 aliphatic carbocycles. The van der Waals surface area contributed by atoms with Gasteiger partial charge in [0.2, 0.25) is 0 Å². The van der Waals surface area contributed by atoms with Crippen molar-refractivity contribution in [2.24, 2.45) is 0 Å². The van der Waals surface area contributed by atoms with Crippen molar-refractivity contribution in [2.45, 2.75) is 0 Å². The Morgan fingerprint density at radius 1 is 1.19 bits per heavy atom. The first-order valence-electron chi connectivity index (χ1n) is 8.37. The molecule has 3 rings (SSSR count). The summed E-state index contributed by atoms with van der Waals surface area (Å²) in [6, 6.07) is 15.0. The summed E-state index contributed by atoms with van der Waals surface area (Å²) in [5, 5.41) is 1.24. The van der Waals surface area contributed by atoms with Crippen LogP contribution in [0.25, 0.3) is 10.2 Å². The van der Waals surface area contributed by atoms with E-state index in [1.54, 1.807) is 4.90 Å². The van der Waals surface area contributed by atoms with Crippen LogP contribution in [-0.4, -0.2) is 44.7 Å². The van der Waals surface area contributed by atoms with E-state index >= 15 is 0 Å². The number of halogens is 1. The molecule has 7 heteroatoms. The molecule has 0 atom stereocenters. The van der Waals surface area contributed by atoms with Crippen LogP contribution in [0, 0.1) is 0 Å². The number of anilines is 1. The summed E-state index contributed by atoms with van der Waals surface area (Å²) in [4.78, 5) is 20.4. The number of nitrogens with zero attached hydrogens (tertiary/aromatic N) is 2. The monoisotopic (exact) mass is 390 g/mol. The van der Waals surface area contributed by atoms with E-state index in [2.05, 4.69) is 19.1 Å². The Kier molecular flexibility index (Phi) is 6.08. The van der Waals surface area contributed by atoms with Crippen LogP contribution < -0.4 is 14.5 Å². The standard InChI is InChI=1S/C19H20ClN3O2S/c1-22(2)11-12-23(17(24)13-25-14-7-4-3-5-8-14)19-21-18-15(20)9-6-10-16(18)26-19/h3-10H,11-13H2,1-2H3/p+1. The van der Waals surface area contributed by atoms with Crippen LogP contribution >= 0.6 is 22.9 Å². The zero-order valence-electron chi connectivity index (χ0n) is 14.7. The van der Waals surface area contributed by atoms with E-state index in [1.165, 1.54) is 16.2 Å². The maximum Gasteiger partial charge on any atom is 0.266 e. The minimum atomic E-state index is -0.120. The zero-order valence-corrected chi connectivity index (χ0v) is 16.3. The summed E-state index contributed by atoms with van der Waals surface area (Å²) in [6.45, 7) is 1.34. The number of likely N-dealkylation sites (N-methyl/N-ethyl adjacent to an activating group) is 1. The van der Waals surface area contributed by atoms with E-state index in [0.29, 0.717) is 22.4 Å². The van der Waals surface area contributed by atoms with E-state index in [9.17, 15) is 4.79 Å². The molecule has 0 radical (unpaired) electrons. The average molecular weight is 391 g/mol. The van der Waals surface area contributed by atoms with Crippen molar-refractivity contribution in [3.05, 3.63) is 53.6 Å². The molecule has 5 nitrogen and oxygen atoms in total. The Labute approximate surface area is 161 Å². The van der Waals surface area contributed by atoms with E-state index < -0.39 is 0 Å². The molecule has 0 spiro atoms. The summed E-state index contributed by atoms with van der Waals surface area (Å²) in [7, 11) is 4.11. The zero-order chi connectivity index (χ0) is 18.5. The maximum atomic E-state index is 12.8. The topological polar surface area (TPSA) is 46.9 Å². The number of hydrogen-bond acceptors (Lipinski definition) is 4. The molecule has 0 saturated carbocycles. The van der Waals surface area contributed by atoms with Gasteiger partial charge in [-0.1, -0.05) is 47.2 Å². The Balaban J connectivity index is 1.81. The fourth-order valence-corrected chi connectivity index (χ4v) is 3.73. The van der Waals surface area contributed by atoms with Gasteiger partial charge in [0.25, 0.3) is 5.91 Å². The van der Waals surface area contributed by atoms with Gasteiger partial charge in [0.05, 0.1) is 36.9 Å². The molecule has 0 unspecified atom stereocenters. The maximum absolute atomic E-state index is 12.8. The number of para-hydroxylation sites is 2. The lowest BCUT2D eigenvalue weighted by Crippen LogP contribution is -3.06. The molecule has 1 aromatic heterocycles. The SMILES string of the molecule is C[NH+](C)CCN(C(=O)COc1ccccc1)c1nc2c(Cl)cccc2s1. The number of nitrogens with one attached hydrogen (secondary N) is 1. The molecule has 2 aromatic carbocycles. The molecule has 1 heterocycles. The number of hydrogen-bond donors (Lipinski definition) is 1. The molecule has 3 aromatic rings. The highest BCUT2D eigenvalue weighted by atomic mass is 35.5. The van der Waals surface area contributed by atoms with Crippen molar-refractivity contribution >= 4 is 44.2 Å². The number of carbonyl (C=O) groups is 1. The molecule has 0 aliphatic rings. The smallest absolute Gasteiger partial charge is 0.266 e. The summed E-state index contributed by atoms with van der Waals surface area (Å²) in [5.74, 6) is 0.552. The van der Waals surface area contributed by atoms with Crippen LogP contribution in [-0.2, 0) is 4.79 Å². The Bertz CT molecular complexity index is 883. The highest BCUT2D eigenvalue weighted by molar-refractivity contribution is 7.22. The number of aromatic nitrogens is 1. The molecule has 26 heavy (non-hydrogen) atoms. The second kappa shape index (κ2) is 8.49. The molecule has 0 bridgehead atoms. The first-order valence-corrected chi connectivity index (χ1v) is 9.56. The van der Waals surface area contributed by atoms with E-state index in [-0.39, 0.29) is 12.5 Å². The molecule has 0 saturated heterocycles. The number of benzene rings is 2. The van der Waals surface area contributed by atoms with Crippen molar-refractivity contribution < 1.29 is 14.4 Å². The Morgan fingerprint density at radius 3 is 2.65 bits per heavy atom. The Hall–Kier alpha value is -2.15. The van der Waals surface area contributed by atoms with Crippen LogP contribution in [0.2, 0.25) is 5.02 Å². The summed E-state index contributed by atoms with van der Waals surface area (Å²) < 4.78 is 6.59. The lowest BCUT2D eigenvalue weighted by atomic mass is 10.3. The first kappa shape index (κ1) is 18.6. The molecule has 0 fully saturated rings. The van der Waals surface area contributed by atoms with Crippen LogP contribution in [0.3, 0.4) is 0 Å². The van der Waals surface area contributed by atoms with Gasteiger partial charge < -0.3 is 9.64 Å². The second-order valence-electron chi connectivity index (χ2n) is 6.19. The molecule has 0 aliphatic heterocycles. The molecule has 1 N–H and O–H groups in total. The van der Waals surface area contributed by atoms with E-state index in [4.69, 9.17) is 16.3 Å². The van der Waals surface area contributed by atoms with Gasteiger partial charge in [0.1, 0.15) is 11.3 Å². The van der Waals surface area contributed by atoms with E-state index in [1.807, 2.05) is 48.5 Å². The largest absolute Gasteiger partial charge is 0.484 e. The van der Waals surface area contributed by atoms with Crippen molar-refractivity contribution in [1.82, 2.24) is 4.98 Å². The highest BCUT2D eigenvalue weighted by Crippen LogP contribution is 2.32. The van der Waals surface area contributed by atoms with Gasteiger partial charge in [-0.3, -0.25) is 9.69 Å². The molecule has 1 amide bonds.